The number of rotatable bonds is 1. The van der Waals surface area contributed by atoms with Gasteiger partial charge in [0.1, 0.15) is 6.04 Å². The SMILES string of the molecule is CC(=O)O[C@@H]1CCC[N+]2(C)CCCC[C@H]12. The first-order valence-electron chi connectivity index (χ1n) is 6.13. The molecule has 0 aromatic rings. The van der Waals surface area contributed by atoms with E-state index in [-0.39, 0.29) is 12.1 Å². The van der Waals surface area contributed by atoms with Crippen LogP contribution in [0.4, 0.5) is 0 Å². The molecule has 2 aliphatic heterocycles. The van der Waals surface area contributed by atoms with E-state index in [1.54, 1.807) is 0 Å². The molecule has 0 bridgehead atoms. The van der Waals surface area contributed by atoms with Crippen molar-refractivity contribution in [2.75, 3.05) is 20.1 Å². The lowest BCUT2D eigenvalue weighted by Crippen LogP contribution is -2.63. The van der Waals surface area contributed by atoms with Gasteiger partial charge in [0.05, 0.1) is 20.1 Å². The van der Waals surface area contributed by atoms with Crippen LogP contribution in [-0.4, -0.2) is 42.7 Å². The number of hydrogen-bond acceptors (Lipinski definition) is 2. The van der Waals surface area contributed by atoms with Crippen LogP contribution in [0.1, 0.15) is 39.0 Å². The number of esters is 1. The first kappa shape index (κ1) is 10.9. The molecule has 0 spiro atoms. The average molecular weight is 212 g/mol. The molecule has 86 valence electrons. The fraction of sp³-hybridized carbons (Fsp3) is 0.917. The molecule has 0 aromatic heterocycles. The van der Waals surface area contributed by atoms with Crippen molar-refractivity contribution in [3.63, 3.8) is 0 Å². The van der Waals surface area contributed by atoms with Crippen LogP contribution in [0.5, 0.6) is 0 Å². The summed E-state index contributed by atoms with van der Waals surface area (Å²) in [7, 11) is 2.33. The minimum Gasteiger partial charge on any atom is -0.456 e. The van der Waals surface area contributed by atoms with Crippen molar-refractivity contribution in [1.29, 1.82) is 0 Å². The van der Waals surface area contributed by atoms with Gasteiger partial charge in [0.25, 0.3) is 0 Å². The summed E-state index contributed by atoms with van der Waals surface area (Å²) >= 11 is 0. The predicted octanol–water partition coefficient (Wildman–Crippen LogP) is 1.71. The number of quaternary nitrogens is 1. The van der Waals surface area contributed by atoms with Crippen LogP contribution in [-0.2, 0) is 9.53 Å². The second kappa shape index (κ2) is 4.12. The summed E-state index contributed by atoms with van der Waals surface area (Å²) < 4.78 is 6.61. The normalized spacial score (nSPS) is 40.7. The van der Waals surface area contributed by atoms with Crippen LogP contribution in [0.15, 0.2) is 0 Å². The molecule has 0 amide bonds. The molecule has 2 fully saturated rings. The lowest BCUT2D eigenvalue weighted by Gasteiger charge is -2.50. The van der Waals surface area contributed by atoms with Crippen molar-refractivity contribution < 1.29 is 14.0 Å². The topological polar surface area (TPSA) is 26.3 Å². The highest BCUT2D eigenvalue weighted by Crippen LogP contribution is 2.33. The van der Waals surface area contributed by atoms with E-state index in [0.29, 0.717) is 6.04 Å². The largest absolute Gasteiger partial charge is 0.456 e. The second-order valence-electron chi connectivity index (χ2n) is 5.28. The minimum atomic E-state index is -0.112. The van der Waals surface area contributed by atoms with Crippen molar-refractivity contribution >= 4 is 5.97 Å². The molecule has 15 heavy (non-hydrogen) atoms. The van der Waals surface area contributed by atoms with E-state index < -0.39 is 0 Å². The number of ether oxygens (including phenoxy) is 1. The number of fused-ring (bicyclic) bond motifs is 1. The summed E-state index contributed by atoms with van der Waals surface area (Å²) in [6, 6.07) is 0.566. The molecule has 0 aromatic carbocycles. The Kier molecular flexibility index (Phi) is 3.01. The summed E-state index contributed by atoms with van der Waals surface area (Å²) in [4.78, 5) is 11.1. The fourth-order valence-electron chi connectivity index (χ4n) is 3.37. The zero-order valence-corrected chi connectivity index (χ0v) is 9.87. The van der Waals surface area contributed by atoms with Gasteiger partial charge in [-0.2, -0.15) is 0 Å². The lowest BCUT2D eigenvalue weighted by molar-refractivity contribution is -0.946. The molecule has 0 saturated carbocycles. The van der Waals surface area contributed by atoms with Crippen LogP contribution in [0.2, 0.25) is 0 Å². The van der Waals surface area contributed by atoms with Gasteiger partial charge in [-0.25, -0.2) is 0 Å². The molecule has 3 nitrogen and oxygen atoms in total. The van der Waals surface area contributed by atoms with E-state index >= 15 is 0 Å². The third-order valence-electron chi connectivity index (χ3n) is 4.12. The number of likely N-dealkylation sites (N-methyl/N-ethyl adjacent to an activating group) is 1. The maximum absolute atomic E-state index is 11.1. The van der Waals surface area contributed by atoms with Gasteiger partial charge < -0.3 is 9.22 Å². The average Bonchev–Trinajstić information content (AvgIpc) is 2.16. The van der Waals surface area contributed by atoms with E-state index in [4.69, 9.17) is 4.74 Å². The number of nitrogens with zero attached hydrogens (tertiary/aromatic N) is 1. The molecule has 0 aliphatic carbocycles. The van der Waals surface area contributed by atoms with Crippen LogP contribution < -0.4 is 0 Å². The lowest BCUT2D eigenvalue weighted by atomic mass is 9.88. The molecule has 2 saturated heterocycles. The Balaban J connectivity index is 2.08. The Morgan fingerprint density at radius 3 is 2.67 bits per heavy atom. The van der Waals surface area contributed by atoms with E-state index in [2.05, 4.69) is 7.05 Å². The van der Waals surface area contributed by atoms with Gasteiger partial charge in [-0.05, 0) is 19.3 Å². The first-order valence-corrected chi connectivity index (χ1v) is 6.13. The summed E-state index contributed by atoms with van der Waals surface area (Å²) in [6.07, 6.45) is 6.31. The van der Waals surface area contributed by atoms with Crippen molar-refractivity contribution in [3.8, 4) is 0 Å². The summed E-state index contributed by atoms with van der Waals surface area (Å²) in [5, 5.41) is 0. The molecule has 2 aliphatic rings. The van der Waals surface area contributed by atoms with E-state index in [1.807, 2.05) is 0 Å². The highest BCUT2D eigenvalue weighted by molar-refractivity contribution is 5.66. The first-order chi connectivity index (χ1) is 7.12. The highest BCUT2D eigenvalue weighted by atomic mass is 16.5. The number of carbonyl (C=O) groups is 1. The van der Waals surface area contributed by atoms with Crippen molar-refractivity contribution in [2.24, 2.45) is 0 Å². The van der Waals surface area contributed by atoms with Gasteiger partial charge >= 0.3 is 5.97 Å². The Bertz CT molecular complexity index is 250. The minimum absolute atomic E-state index is 0.112. The Hall–Kier alpha value is -0.570. The third-order valence-corrected chi connectivity index (χ3v) is 4.12. The Morgan fingerprint density at radius 1 is 1.20 bits per heavy atom. The summed E-state index contributed by atoms with van der Waals surface area (Å²) in [6.45, 7) is 4.06. The van der Waals surface area contributed by atoms with Crippen LogP contribution in [0.3, 0.4) is 0 Å². The Morgan fingerprint density at radius 2 is 1.93 bits per heavy atom. The molecule has 2 rings (SSSR count). The van der Waals surface area contributed by atoms with Crippen LogP contribution in [0.25, 0.3) is 0 Å². The third kappa shape index (κ3) is 2.17. The number of carbonyl (C=O) groups excluding carboxylic acids is 1. The summed E-state index contributed by atoms with van der Waals surface area (Å²) in [5.74, 6) is -0.112. The maximum atomic E-state index is 11.1. The molecule has 2 heterocycles. The van der Waals surface area contributed by atoms with Gasteiger partial charge in [0, 0.05) is 19.8 Å². The maximum Gasteiger partial charge on any atom is 0.303 e. The summed E-state index contributed by atoms with van der Waals surface area (Å²) in [5.41, 5.74) is 0. The molecule has 0 radical (unpaired) electrons. The van der Waals surface area contributed by atoms with Gasteiger partial charge in [-0.3, -0.25) is 4.79 Å². The van der Waals surface area contributed by atoms with E-state index in [9.17, 15) is 4.79 Å². The molecular weight excluding hydrogens is 190 g/mol. The smallest absolute Gasteiger partial charge is 0.303 e. The van der Waals surface area contributed by atoms with Gasteiger partial charge in [0.15, 0.2) is 6.10 Å². The fourth-order valence-corrected chi connectivity index (χ4v) is 3.37. The van der Waals surface area contributed by atoms with E-state index in [0.717, 1.165) is 10.9 Å². The van der Waals surface area contributed by atoms with Crippen molar-refractivity contribution in [1.82, 2.24) is 0 Å². The van der Waals surface area contributed by atoms with Crippen LogP contribution in [0, 0.1) is 0 Å². The predicted molar refractivity (Wildman–Crippen MR) is 58.3 cm³/mol. The zero-order valence-electron chi connectivity index (χ0n) is 9.87. The quantitative estimate of drug-likeness (QED) is 0.488. The second-order valence-corrected chi connectivity index (χ2v) is 5.28. The van der Waals surface area contributed by atoms with Crippen LogP contribution >= 0.6 is 0 Å². The molecule has 3 heteroatoms. The standard InChI is InChI=1S/C12H22NO2/c1-10(14)15-12-7-5-9-13(2)8-4-3-6-11(12)13/h11-12H,3-9H2,1-2H3/q+1/t11-,12-,13?/m1/s1. The zero-order chi connectivity index (χ0) is 10.9. The van der Waals surface area contributed by atoms with Crippen molar-refractivity contribution in [3.05, 3.63) is 0 Å². The molecular formula is C12H22NO2+. The number of piperidine rings is 2. The van der Waals surface area contributed by atoms with Gasteiger partial charge in [-0.1, -0.05) is 0 Å². The number of hydrogen-bond donors (Lipinski definition) is 0. The monoisotopic (exact) mass is 212 g/mol. The molecule has 3 atom stereocenters. The van der Waals surface area contributed by atoms with E-state index in [1.165, 1.54) is 45.7 Å². The Labute approximate surface area is 92.0 Å². The molecule has 0 N–H and O–H groups in total. The van der Waals surface area contributed by atoms with Gasteiger partial charge in [0.2, 0.25) is 0 Å². The highest BCUT2D eigenvalue weighted by Gasteiger charge is 2.44. The van der Waals surface area contributed by atoms with Crippen molar-refractivity contribution in [2.45, 2.75) is 51.2 Å². The van der Waals surface area contributed by atoms with Gasteiger partial charge in [-0.15, -0.1) is 0 Å². The molecule has 1 unspecified atom stereocenters.